The molecule has 0 unspecified atom stereocenters. The standard InChI is InChI=1S/C19H20N4O3/c1-22-17-15(10-6-12-21-17)23(19(26)18(22)25)13-16(24)20-11-5-9-14-7-3-2-4-8-14/h2-4,6-8,10,12H,5,9,11,13H2,1H3,(H,20,24). The number of nitrogens with one attached hydrogen (secondary N) is 1. The van der Waals surface area contributed by atoms with E-state index in [0.29, 0.717) is 17.7 Å². The summed E-state index contributed by atoms with van der Waals surface area (Å²) in [6.07, 6.45) is 3.20. The number of carbonyl (C=O) groups is 1. The van der Waals surface area contributed by atoms with E-state index in [1.54, 1.807) is 18.3 Å². The summed E-state index contributed by atoms with van der Waals surface area (Å²) in [6.45, 7) is 0.298. The van der Waals surface area contributed by atoms with Crippen molar-refractivity contribution >= 4 is 17.1 Å². The Balaban J connectivity index is 1.68. The van der Waals surface area contributed by atoms with E-state index in [1.165, 1.54) is 21.7 Å². The number of hydrogen-bond donors (Lipinski definition) is 1. The zero-order valence-electron chi connectivity index (χ0n) is 14.5. The molecule has 7 nitrogen and oxygen atoms in total. The first-order valence-electron chi connectivity index (χ1n) is 8.43. The minimum atomic E-state index is -0.729. The molecule has 0 atom stereocenters. The highest BCUT2D eigenvalue weighted by Gasteiger charge is 2.13. The molecule has 0 bridgehead atoms. The second-order valence-corrected chi connectivity index (χ2v) is 6.04. The van der Waals surface area contributed by atoms with Gasteiger partial charge in [0.2, 0.25) is 5.91 Å². The topological polar surface area (TPSA) is 86.0 Å². The van der Waals surface area contributed by atoms with Crippen molar-refractivity contribution in [2.45, 2.75) is 19.4 Å². The molecule has 2 aromatic heterocycles. The van der Waals surface area contributed by atoms with Gasteiger partial charge >= 0.3 is 11.1 Å². The summed E-state index contributed by atoms with van der Waals surface area (Å²) in [7, 11) is 1.49. The molecule has 0 saturated heterocycles. The van der Waals surface area contributed by atoms with Crippen LogP contribution in [0.15, 0.2) is 58.3 Å². The van der Waals surface area contributed by atoms with Crippen LogP contribution in [0.2, 0.25) is 0 Å². The lowest BCUT2D eigenvalue weighted by Gasteiger charge is -2.11. The van der Waals surface area contributed by atoms with Gasteiger partial charge in [-0.3, -0.25) is 23.5 Å². The van der Waals surface area contributed by atoms with Crippen LogP contribution in [0.4, 0.5) is 0 Å². The summed E-state index contributed by atoms with van der Waals surface area (Å²) in [5.41, 5.74) is 0.607. The number of carbonyl (C=O) groups excluding carboxylic acids is 1. The number of aryl methyl sites for hydroxylation is 2. The monoisotopic (exact) mass is 352 g/mol. The van der Waals surface area contributed by atoms with Crippen molar-refractivity contribution < 1.29 is 4.79 Å². The van der Waals surface area contributed by atoms with E-state index in [2.05, 4.69) is 10.3 Å². The SMILES string of the molecule is Cn1c(=O)c(=O)n(CC(=O)NCCCc2ccccc2)c2cccnc21. The quantitative estimate of drug-likeness (QED) is 0.526. The summed E-state index contributed by atoms with van der Waals surface area (Å²) in [5.74, 6) is -0.307. The Morgan fingerprint density at radius 2 is 1.85 bits per heavy atom. The molecule has 3 rings (SSSR count). The normalized spacial score (nSPS) is 10.8. The Hall–Kier alpha value is -3.22. The van der Waals surface area contributed by atoms with Crippen molar-refractivity contribution in [1.82, 2.24) is 19.4 Å². The fourth-order valence-electron chi connectivity index (χ4n) is 2.84. The van der Waals surface area contributed by atoms with Crippen molar-refractivity contribution in [2.75, 3.05) is 6.54 Å². The largest absolute Gasteiger partial charge is 0.355 e. The molecule has 0 spiro atoms. The lowest BCUT2D eigenvalue weighted by molar-refractivity contribution is -0.121. The van der Waals surface area contributed by atoms with Crippen LogP contribution in [0.5, 0.6) is 0 Å². The Labute approximate surface area is 149 Å². The lowest BCUT2D eigenvalue weighted by Crippen LogP contribution is -2.43. The van der Waals surface area contributed by atoms with Crippen molar-refractivity contribution in [3.63, 3.8) is 0 Å². The summed E-state index contributed by atoms with van der Waals surface area (Å²) in [5, 5.41) is 2.80. The molecular weight excluding hydrogens is 332 g/mol. The highest BCUT2D eigenvalue weighted by atomic mass is 16.2. The molecule has 3 aromatic rings. The highest BCUT2D eigenvalue weighted by molar-refractivity contribution is 5.78. The molecule has 0 aliphatic rings. The predicted molar refractivity (Wildman–Crippen MR) is 99.0 cm³/mol. The second kappa shape index (κ2) is 7.77. The van der Waals surface area contributed by atoms with Gasteiger partial charge in [0.25, 0.3) is 0 Å². The van der Waals surface area contributed by atoms with Crippen molar-refractivity contribution in [3.05, 3.63) is 74.9 Å². The fraction of sp³-hybridized carbons (Fsp3) is 0.263. The van der Waals surface area contributed by atoms with E-state index in [9.17, 15) is 14.4 Å². The van der Waals surface area contributed by atoms with E-state index in [0.717, 1.165) is 12.8 Å². The van der Waals surface area contributed by atoms with Gasteiger partial charge in [-0.2, -0.15) is 0 Å². The van der Waals surface area contributed by atoms with E-state index in [1.807, 2.05) is 30.3 Å². The maximum Gasteiger partial charge on any atom is 0.317 e. The molecular formula is C19H20N4O3. The number of aromatic nitrogens is 3. The molecule has 1 aromatic carbocycles. The maximum absolute atomic E-state index is 12.3. The number of amides is 1. The zero-order valence-corrected chi connectivity index (χ0v) is 14.5. The second-order valence-electron chi connectivity index (χ2n) is 6.04. The van der Waals surface area contributed by atoms with Gasteiger partial charge in [0, 0.05) is 19.8 Å². The van der Waals surface area contributed by atoms with Gasteiger partial charge < -0.3 is 5.32 Å². The molecule has 26 heavy (non-hydrogen) atoms. The van der Waals surface area contributed by atoms with Crippen LogP contribution in [0, 0.1) is 0 Å². The number of pyridine rings is 1. The van der Waals surface area contributed by atoms with Crippen molar-refractivity contribution in [1.29, 1.82) is 0 Å². The van der Waals surface area contributed by atoms with Crippen LogP contribution in [0.25, 0.3) is 11.2 Å². The van der Waals surface area contributed by atoms with Gasteiger partial charge in [0.15, 0.2) is 5.65 Å². The van der Waals surface area contributed by atoms with Gasteiger partial charge in [0.1, 0.15) is 6.54 Å². The average Bonchev–Trinajstić information content (AvgIpc) is 2.68. The number of benzene rings is 1. The first kappa shape index (κ1) is 17.6. The molecule has 2 heterocycles. The Morgan fingerprint density at radius 3 is 2.62 bits per heavy atom. The first-order valence-corrected chi connectivity index (χ1v) is 8.43. The summed E-state index contributed by atoms with van der Waals surface area (Å²) in [4.78, 5) is 40.7. The minimum absolute atomic E-state index is 0.206. The van der Waals surface area contributed by atoms with E-state index >= 15 is 0 Å². The summed E-state index contributed by atoms with van der Waals surface area (Å²) in [6, 6.07) is 13.4. The van der Waals surface area contributed by atoms with Gasteiger partial charge in [0.05, 0.1) is 5.52 Å². The summed E-state index contributed by atoms with van der Waals surface area (Å²) < 4.78 is 2.38. The van der Waals surface area contributed by atoms with E-state index in [-0.39, 0.29) is 12.5 Å². The third kappa shape index (κ3) is 3.72. The molecule has 0 saturated carbocycles. The Kier molecular flexibility index (Phi) is 5.26. The van der Waals surface area contributed by atoms with Crippen LogP contribution in [0.3, 0.4) is 0 Å². The third-order valence-electron chi connectivity index (χ3n) is 4.22. The van der Waals surface area contributed by atoms with Crippen LogP contribution < -0.4 is 16.4 Å². The number of rotatable bonds is 6. The smallest absolute Gasteiger partial charge is 0.317 e. The molecule has 0 aliphatic heterocycles. The van der Waals surface area contributed by atoms with Crippen LogP contribution in [-0.4, -0.2) is 26.6 Å². The number of hydrogen-bond acceptors (Lipinski definition) is 4. The van der Waals surface area contributed by atoms with Gasteiger partial charge in [-0.15, -0.1) is 0 Å². The lowest BCUT2D eigenvalue weighted by atomic mass is 10.1. The fourth-order valence-corrected chi connectivity index (χ4v) is 2.84. The van der Waals surface area contributed by atoms with Crippen molar-refractivity contribution in [2.24, 2.45) is 7.05 Å². The predicted octanol–water partition coefficient (Wildman–Crippen LogP) is 0.844. The molecule has 1 amide bonds. The van der Waals surface area contributed by atoms with Crippen LogP contribution in [0.1, 0.15) is 12.0 Å². The molecule has 0 radical (unpaired) electrons. The van der Waals surface area contributed by atoms with Gasteiger partial charge in [-0.05, 0) is 30.5 Å². The first-order chi connectivity index (χ1) is 12.6. The Bertz CT molecular complexity index is 1040. The third-order valence-corrected chi connectivity index (χ3v) is 4.22. The minimum Gasteiger partial charge on any atom is -0.355 e. The van der Waals surface area contributed by atoms with Crippen LogP contribution in [-0.2, 0) is 24.8 Å². The molecule has 0 aliphatic carbocycles. The van der Waals surface area contributed by atoms with Gasteiger partial charge in [-0.25, -0.2) is 4.98 Å². The molecule has 1 N–H and O–H groups in total. The number of fused-ring (bicyclic) bond motifs is 1. The zero-order chi connectivity index (χ0) is 18.5. The maximum atomic E-state index is 12.3. The van der Waals surface area contributed by atoms with E-state index in [4.69, 9.17) is 0 Å². The molecule has 7 heteroatoms. The van der Waals surface area contributed by atoms with Gasteiger partial charge in [-0.1, -0.05) is 30.3 Å². The molecule has 0 fully saturated rings. The molecule has 134 valence electrons. The van der Waals surface area contributed by atoms with Crippen molar-refractivity contribution in [3.8, 4) is 0 Å². The van der Waals surface area contributed by atoms with Crippen LogP contribution >= 0.6 is 0 Å². The number of nitrogens with zero attached hydrogens (tertiary/aromatic N) is 3. The average molecular weight is 352 g/mol. The Morgan fingerprint density at radius 1 is 1.08 bits per heavy atom. The van der Waals surface area contributed by atoms with E-state index < -0.39 is 11.1 Å². The summed E-state index contributed by atoms with van der Waals surface area (Å²) >= 11 is 0. The highest BCUT2D eigenvalue weighted by Crippen LogP contribution is 2.06.